The molecular formula is C7H3BrN6O2. The van der Waals surface area contributed by atoms with E-state index in [-0.39, 0.29) is 11.4 Å². The molecule has 9 heteroatoms. The smallest absolute Gasteiger partial charge is 0.358 e. The zero-order chi connectivity index (χ0) is 11.7. The van der Waals surface area contributed by atoms with Crippen LogP contribution in [0.2, 0.25) is 0 Å². The molecule has 0 atom stereocenters. The van der Waals surface area contributed by atoms with E-state index < -0.39 is 10.7 Å². The third-order valence-electron chi connectivity index (χ3n) is 1.79. The van der Waals surface area contributed by atoms with E-state index in [9.17, 15) is 10.1 Å². The summed E-state index contributed by atoms with van der Waals surface area (Å²) in [5.41, 5.74) is -0.152. The summed E-state index contributed by atoms with van der Waals surface area (Å²) in [4.78, 5) is 9.87. The lowest BCUT2D eigenvalue weighted by molar-refractivity contribution is -0.389. The highest BCUT2D eigenvalue weighted by Gasteiger charge is 2.23. The molecule has 8 nitrogen and oxygen atoms in total. The molecule has 16 heavy (non-hydrogen) atoms. The SMILES string of the molecule is N#Cc1c(-n2cc(Br)cn2)n[nH]c1[N+](=O)[O-]. The van der Waals surface area contributed by atoms with E-state index in [1.165, 1.54) is 10.9 Å². The van der Waals surface area contributed by atoms with Crippen LogP contribution in [0.1, 0.15) is 5.56 Å². The van der Waals surface area contributed by atoms with Crippen molar-refractivity contribution in [3.8, 4) is 11.9 Å². The molecule has 2 aromatic rings. The van der Waals surface area contributed by atoms with Gasteiger partial charge < -0.3 is 10.1 Å². The molecule has 1 N–H and O–H groups in total. The molecule has 0 saturated heterocycles. The van der Waals surface area contributed by atoms with E-state index in [0.29, 0.717) is 4.47 Å². The highest BCUT2D eigenvalue weighted by Crippen LogP contribution is 2.21. The molecular weight excluding hydrogens is 280 g/mol. The molecule has 0 radical (unpaired) electrons. The second-order valence-corrected chi connectivity index (χ2v) is 3.66. The van der Waals surface area contributed by atoms with Gasteiger partial charge in [0.25, 0.3) is 0 Å². The summed E-state index contributed by atoms with van der Waals surface area (Å²) in [5, 5.41) is 29.2. The number of nitrogens with one attached hydrogen (secondary N) is 1. The molecule has 0 spiro atoms. The second kappa shape index (κ2) is 3.74. The van der Waals surface area contributed by atoms with E-state index in [1.54, 1.807) is 12.3 Å². The Morgan fingerprint density at radius 1 is 1.69 bits per heavy atom. The molecule has 2 aromatic heterocycles. The first-order chi connectivity index (χ1) is 7.63. The van der Waals surface area contributed by atoms with Gasteiger partial charge in [0.05, 0.1) is 10.7 Å². The molecule has 2 rings (SSSR count). The largest absolute Gasteiger partial charge is 0.363 e. The van der Waals surface area contributed by atoms with E-state index in [0.717, 1.165) is 0 Å². The maximum Gasteiger partial charge on any atom is 0.363 e. The van der Waals surface area contributed by atoms with Crippen LogP contribution in [0.4, 0.5) is 5.82 Å². The van der Waals surface area contributed by atoms with Crippen LogP contribution in [-0.4, -0.2) is 24.9 Å². The first-order valence-corrected chi connectivity index (χ1v) is 4.76. The van der Waals surface area contributed by atoms with Crippen LogP contribution in [0, 0.1) is 21.4 Å². The Kier molecular flexibility index (Phi) is 2.41. The van der Waals surface area contributed by atoms with Gasteiger partial charge in [-0.2, -0.15) is 10.4 Å². The fraction of sp³-hybridized carbons (Fsp3) is 0. The number of H-pyrrole nitrogens is 1. The molecule has 0 aliphatic carbocycles. The summed E-state index contributed by atoms with van der Waals surface area (Å²) in [6.07, 6.45) is 3.03. The third-order valence-corrected chi connectivity index (χ3v) is 2.20. The molecule has 0 bridgehead atoms. The second-order valence-electron chi connectivity index (χ2n) is 2.74. The number of nitriles is 1. The number of nitro groups is 1. The van der Waals surface area contributed by atoms with Crippen LogP contribution in [0.25, 0.3) is 5.82 Å². The predicted molar refractivity (Wildman–Crippen MR) is 54.8 cm³/mol. The normalized spacial score (nSPS) is 10.0. The maximum absolute atomic E-state index is 10.6. The van der Waals surface area contributed by atoms with Crippen molar-refractivity contribution >= 4 is 21.7 Å². The van der Waals surface area contributed by atoms with Crippen LogP contribution >= 0.6 is 15.9 Å². The summed E-state index contributed by atoms with van der Waals surface area (Å²) < 4.78 is 1.95. The first-order valence-electron chi connectivity index (χ1n) is 3.97. The van der Waals surface area contributed by atoms with E-state index >= 15 is 0 Å². The molecule has 0 unspecified atom stereocenters. The van der Waals surface area contributed by atoms with Crippen molar-refractivity contribution in [3.63, 3.8) is 0 Å². The van der Waals surface area contributed by atoms with Gasteiger partial charge in [0.1, 0.15) is 6.07 Å². The van der Waals surface area contributed by atoms with Gasteiger partial charge in [-0.05, 0) is 20.9 Å². The summed E-state index contributed by atoms with van der Waals surface area (Å²) in [5.74, 6) is -0.343. The van der Waals surface area contributed by atoms with Gasteiger partial charge in [-0.3, -0.25) is 0 Å². The average molecular weight is 283 g/mol. The van der Waals surface area contributed by atoms with Crippen LogP contribution in [0.3, 0.4) is 0 Å². The minimum Gasteiger partial charge on any atom is -0.358 e. The number of nitrogens with zero attached hydrogens (tertiary/aromatic N) is 5. The van der Waals surface area contributed by atoms with Crippen molar-refractivity contribution in [1.82, 2.24) is 20.0 Å². The van der Waals surface area contributed by atoms with Crippen LogP contribution in [-0.2, 0) is 0 Å². The molecule has 0 aliphatic rings. The molecule has 2 heterocycles. The van der Waals surface area contributed by atoms with Gasteiger partial charge in [-0.25, -0.2) is 4.68 Å². The first kappa shape index (κ1) is 10.3. The lowest BCUT2D eigenvalue weighted by atomic mass is 10.3. The Balaban J connectivity index is 2.59. The Bertz CT molecular complexity index is 594. The minimum absolute atomic E-state index is 0.0971. The van der Waals surface area contributed by atoms with Crippen molar-refractivity contribution in [2.24, 2.45) is 0 Å². The van der Waals surface area contributed by atoms with Crippen molar-refractivity contribution in [2.45, 2.75) is 0 Å². The molecule has 0 fully saturated rings. The topological polar surface area (TPSA) is 113 Å². The van der Waals surface area contributed by atoms with Gasteiger partial charge in [-0.15, -0.1) is 5.10 Å². The number of halogens is 1. The van der Waals surface area contributed by atoms with Crippen LogP contribution in [0.5, 0.6) is 0 Å². The summed E-state index contributed by atoms with van der Waals surface area (Å²) in [6.45, 7) is 0. The summed E-state index contributed by atoms with van der Waals surface area (Å²) >= 11 is 3.17. The van der Waals surface area contributed by atoms with Gasteiger partial charge in [0.15, 0.2) is 5.56 Å². The molecule has 0 aliphatic heterocycles. The van der Waals surface area contributed by atoms with Gasteiger partial charge in [0.2, 0.25) is 5.82 Å². The zero-order valence-electron chi connectivity index (χ0n) is 7.59. The molecule has 0 aromatic carbocycles. The number of aromatic nitrogens is 4. The standard InChI is InChI=1S/C7H3BrN6O2/c8-4-2-10-13(3-4)6-5(1-9)7(12-11-6)14(15)16/h2-3H,(H,11,12). The van der Waals surface area contributed by atoms with E-state index in [1.807, 2.05) is 0 Å². The zero-order valence-corrected chi connectivity index (χ0v) is 9.17. The Morgan fingerprint density at radius 3 is 2.94 bits per heavy atom. The third kappa shape index (κ3) is 1.55. The monoisotopic (exact) mass is 282 g/mol. The average Bonchev–Trinajstić information content (AvgIpc) is 2.82. The fourth-order valence-electron chi connectivity index (χ4n) is 1.14. The molecule has 0 saturated carbocycles. The van der Waals surface area contributed by atoms with E-state index in [4.69, 9.17) is 5.26 Å². The highest BCUT2D eigenvalue weighted by atomic mass is 79.9. The van der Waals surface area contributed by atoms with Gasteiger partial charge >= 0.3 is 5.82 Å². The maximum atomic E-state index is 10.6. The summed E-state index contributed by atoms with van der Waals surface area (Å²) in [6, 6.07) is 1.72. The highest BCUT2D eigenvalue weighted by molar-refractivity contribution is 9.10. The van der Waals surface area contributed by atoms with Crippen molar-refractivity contribution in [1.29, 1.82) is 5.26 Å². The predicted octanol–water partition coefficient (Wildman–Crippen LogP) is 1.14. The lowest BCUT2D eigenvalue weighted by Gasteiger charge is -1.93. The quantitative estimate of drug-likeness (QED) is 0.655. The van der Waals surface area contributed by atoms with Crippen molar-refractivity contribution in [3.05, 3.63) is 32.5 Å². The fourth-order valence-corrected chi connectivity index (χ4v) is 1.43. The molecule has 80 valence electrons. The van der Waals surface area contributed by atoms with Gasteiger partial charge in [-0.1, -0.05) is 5.10 Å². The number of rotatable bonds is 2. The van der Waals surface area contributed by atoms with Crippen molar-refractivity contribution < 1.29 is 4.92 Å². The van der Waals surface area contributed by atoms with Crippen molar-refractivity contribution in [2.75, 3.05) is 0 Å². The number of hydrogen-bond donors (Lipinski definition) is 1. The Hall–Kier alpha value is -2.21. The number of hydrogen-bond acceptors (Lipinski definition) is 5. The van der Waals surface area contributed by atoms with E-state index in [2.05, 4.69) is 31.2 Å². The lowest BCUT2D eigenvalue weighted by Crippen LogP contribution is -1.97. The number of aromatic amines is 1. The summed E-state index contributed by atoms with van der Waals surface area (Å²) in [7, 11) is 0. The minimum atomic E-state index is -0.701. The molecule has 0 amide bonds. The Morgan fingerprint density at radius 2 is 2.44 bits per heavy atom. The van der Waals surface area contributed by atoms with Crippen LogP contribution < -0.4 is 0 Å². The Labute approximate surface area is 96.8 Å². The van der Waals surface area contributed by atoms with Gasteiger partial charge in [0, 0.05) is 6.20 Å². The van der Waals surface area contributed by atoms with Crippen LogP contribution in [0.15, 0.2) is 16.9 Å².